The lowest BCUT2D eigenvalue weighted by Crippen LogP contribution is -2.32. The third-order valence-electron chi connectivity index (χ3n) is 1.94. The molecule has 9 heavy (non-hydrogen) atoms. The van der Waals surface area contributed by atoms with E-state index in [9.17, 15) is 5.11 Å². The van der Waals surface area contributed by atoms with Gasteiger partial charge in [-0.2, -0.15) is 0 Å². The lowest BCUT2D eigenvalue weighted by molar-refractivity contribution is 0.152. The second-order valence-corrected chi connectivity index (χ2v) is 2.69. The molecule has 1 saturated carbocycles. The first kappa shape index (κ1) is 6.99. The average Bonchev–Trinajstić information content (AvgIpc) is 2.10. The molecule has 0 aromatic rings. The fraction of sp³-hybridized carbons (Fsp3) is 1.00. The van der Waals surface area contributed by atoms with Gasteiger partial charge in [-0.1, -0.05) is 0 Å². The summed E-state index contributed by atoms with van der Waals surface area (Å²) in [7, 11) is 1.85. The third-order valence-corrected chi connectivity index (χ3v) is 1.94. The van der Waals surface area contributed by atoms with Crippen LogP contribution in [0, 0.1) is 0 Å². The molecule has 1 rings (SSSR count). The molecule has 1 aliphatic carbocycles. The van der Waals surface area contributed by atoms with Crippen LogP contribution in [0.15, 0.2) is 0 Å². The van der Waals surface area contributed by atoms with Gasteiger partial charge in [0, 0.05) is 12.1 Å². The molecule has 0 heterocycles. The molecule has 0 bridgehead atoms. The summed E-state index contributed by atoms with van der Waals surface area (Å²) in [5.41, 5.74) is 5.59. The van der Waals surface area contributed by atoms with E-state index in [0.29, 0.717) is 0 Å². The zero-order chi connectivity index (χ0) is 6.85. The number of hydrogen-bond acceptors (Lipinski definition) is 3. The maximum Gasteiger partial charge on any atom is 0.0708 e. The van der Waals surface area contributed by atoms with Gasteiger partial charge < -0.3 is 16.2 Å². The Morgan fingerprint density at radius 1 is 1.56 bits per heavy atom. The van der Waals surface area contributed by atoms with Crippen molar-refractivity contribution in [3.63, 3.8) is 0 Å². The Kier molecular flexibility index (Phi) is 2.05. The summed E-state index contributed by atoms with van der Waals surface area (Å²) in [6, 6.07) is 0.414. The van der Waals surface area contributed by atoms with Crippen molar-refractivity contribution in [2.24, 2.45) is 5.73 Å². The molecule has 0 saturated heterocycles. The van der Waals surface area contributed by atoms with E-state index in [2.05, 4.69) is 5.32 Å². The summed E-state index contributed by atoms with van der Waals surface area (Å²) in [6.45, 7) is 0. The van der Waals surface area contributed by atoms with Gasteiger partial charge in [0.05, 0.1) is 6.10 Å². The number of rotatable bonds is 1. The number of nitrogens with one attached hydrogen (secondary N) is 1. The molecule has 1 fully saturated rings. The topological polar surface area (TPSA) is 58.3 Å². The van der Waals surface area contributed by atoms with Crippen molar-refractivity contribution in [2.75, 3.05) is 7.05 Å². The molecule has 4 N–H and O–H groups in total. The summed E-state index contributed by atoms with van der Waals surface area (Å²) in [6.07, 6.45) is 1.41. The Morgan fingerprint density at radius 3 is 2.44 bits per heavy atom. The van der Waals surface area contributed by atoms with Gasteiger partial charge in [-0.15, -0.1) is 0 Å². The van der Waals surface area contributed by atoms with Crippen LogP contribution in [0.4, 0.5) is 0 Å². The molecular weight excluding hydrogens is 116 g/mol. The second-order valence-electron chi connectivity index (χ2n) is 2.69. The van der Waals surface area contributed by atoms with Crippen LogP contribution in [0.1, 0.15) is 12.8 Å². The molecule has 3 heteroatoms. The van der Waals surface area contributed by atoms with Gasteiger partial charge in [0.25, 0.3) is 0 Å². The number of aliphatic hydroxyl groups is 1. The van der Waals surface area contributed by atoms with E-state index in [1.807, 2.05) is 7.05 Å². The molecule has 54 valence electrons. The molecule has 0 radical (unpaired) electrons. The fourth-order valence-electron chi connectivity index (χ4n) is 1.36. The standard InChI is InChI=1S/C6H14N2O/c1-8-5-2-4(7)3-6(5)9/h4-6,8-9H,2-3,7H2,1H3/t4-,5+,6-/m1/s1. The lowest BCUT2D eigenvalue weighted by Gasteiger charge is -2.11. The third kappa shape index (κ3) is 1.41. The van der Waals surface area contributed by atoms with Crippen LogP contribution in [-0.4, -0.2) is 30.3 Å². The Morgan fingerprint density at radius 2 is 2.22 bits per heavy atom. The monoisotopic (exact) mass is 130 g/mol. The van der Waals surface area contributed by atoms with Crippen LogP contribution < -0.4 is 11.1 Å². The van der Waals surface area contributed by atoms with Crippen molar-refractivity contribution < 1.29 is 5.11 Å². The van der Waals surface area contributed by atoms with Crippen LogP contribution in [0.2, 0.25) is 0 Å². The summed E-state index contributed by atoms with van der Waals surface area (Å²) >= 11 is 0. The van der Waals surface area contributed by atoms with Gasteiger partial charge in [0.2, 0.25) is 0 Å². The summed E-state index contributed by atoms with van der Waals surface area (Å²) in [5.74, 6) is 0. The maximum atomic E-state index is 9.22. The fourth-order valence-corrected chi connectivity index (χ4v) is 1.36. The van der Waals surface area contributed by atoms with E-state index in [-0.39, 0.29) is 18.2 Å². The summed E-state index contributed by atoms with van der Waals surface area (Å²) in [4.78, 5) is 0. The van der Waals surface area contributed by atoms with Gasteiger partial charge in [0.1, 0.15) is 0 Å². The van der Waals surface area contributed by atoms with Gasteiger partial charge >= 0.3 is 0 Å². The highest BCUT2D eigenvalue weighted by molar-refractivity contribution is 4.89. The van der Waals surface area contributed by atoms with Crippen LogP contribution in [-0.2, 0) is 0 Å². The van der Waals surface area contributed by atoms with E-state index in [1.54, 1.807) is 0 Å². The van der Waals surface area contributed by atoms with Gasteiger partial charge in [-0.3, -0.25) is 0 Å². The van der Waals surface area contributed by atoms with Gasteiger partial charge in [-0.05, 0) is 19.9 Å². The zero-order valence-electron chi connectivity index (χ0n) is 5.67. The Hall–Kier alpha value is -0.120. The molecule has 0 aromatic heterocycles. The summed E-state index contributed by atoms with van der Waals surface area (Å²) in [5, 5.41) is 12.2. The molecule has 3 nitrogen and oxygen atoms in total. The van der Waals surface area contributed by atoms with Crippen molar-refractivity contribution in [1.82, 2.24) is 5.32 Å². The number of likely N-dealkylation sites (N-methyl/N-ethyl adjacent to an activating group) is 1. The number of aliphatic hydroxyl groups excluding tert-OH is 1. The molecular formula is C6H14N2O. The predicted octanol–water partition coefficient (Wildman–Crippen LogP) is -0.944. The first-order chi connectivity index (χ1) is 4.24. The Labute approximate surface area is 55.2 Å². The van der Waals surface area contributed by atoms with Crippen molar-refractivity contribution in [2.45, 2.75) is 31.0 Å². The smallest absolute Gasteiger partial charge is 0.0708 e. The van der Waals surface area contributed by atoms with Crippen molar-refractivity contribution in [3.8, 4) is 0 Å². The molecule has 0 amide bonds. The van der Waals surface area contributed by atoms with E-state index in [4.69, 9.17) is 5.73 Å². The van der Waals surface area contributed by atoms with Crippen LogP contribution in [0.25, 0.3) is 0 Å². The predicted molar refractivity (Wildman–Crippen MR) is 36.1 cm³/mol. The van der Waals surface area contributed by atoms with Crippen molar-refractivity contribution >= 4 is 0 Å². The molecule has 0 aromatic carbocycles. The highest BCUT2D eigenvalue weighted by Crippen LogP contribution is 2.17. The first-order valence-electron chi connectivity index (χ1n) is 3.35. The normalized spacial score (nSPS) is 43.7. The largest absolute Gasteiger partial charge is 0.391 e. The van der Waals surface area contributed by atoms with Crippen molar-refractivity contribution in [3.05, 3.63) is 0 Å². The SMILES string of the molecule is CN[C@H]1C[C@@H](N)C[C@H]1O. The van der Waals surface area contributed by atoms with Crippen LogP contribution >= 0.6 is 0 Å². The number of nitrogens with two attached hydrogens (primary N) is 1. The molecule has 1 aliphatic rings. The van der Waals surface area contributed by atoms with E-state index in [0.717, 1.165) is 12.8 Å². The summed E-state index contributed by atoms with van der Waals surface area (Å²) < 4.78 is 0. The van der Waals surface area contributed by atoms with E-state index >= 15 is 0 Å². The number of hydrogen-bond donors (Lipinski definition) is 3. The van der Waals surface area contributed by atoms with Gasteiger partial charge in [0.15, 0.2) is 0 Å². The minimum atomic E-state index is -0.231. The molecule has 0 spiro atoms. The average molecular weight is 130 g/mol. The minimum Gasteiger partial charge on any atom is -0.391 e. The molecule has 0 unspecified atom stereocenters. The maximum absolute atomic E-state index is 9.22. The Balaban J connectivity index is 2.38. The van der Waals surface area contributed by atoms with Crippen LogP contribution in [0.3, 0.4) is 0 Å². The highest BCUT2D eigenvalue weighted by Gasteiger charge is 2.28. The molecule has 0 aliphatic heterocycles. The Bertz CT molecular complexity index is 97.1. The van der Waals surface area contributed by atoms with E-state index in [1.165, 1.54) is 0 Å². The van der Waals surface area contributed by atoms with E-state index < -0.39 is 0 Å². The van der Waals surface area contributed by atoms with Crippen LogP contribution in [0.5, 0.6) is 0 Å². The molecule has 3 atom stereocenters. The first-order valence-corrected chi connectivity index (χ1v) is 3.35. The second kappa shape index (κ2) is 2.64. The zero-order valence-corrected chi connectivity index (χ0v) is 5.67. The van der Waals surface area contributed by atoms with Crippen molar-refractivity contribution in [1.29, 1.82) is 0 Å². The highest BCUT2D eigenvalue weighted by atomic mass is 16.3. The lowest BCUT2D eigenvalue weighted by atomic mass is 10.2. The van der Waals surface area contributed by atoms with Gasteiger partial charge in [-0.25, -0.2) is 0 Å². The quantitative estimate of drug-likeness (QED) is 0.429. The minimum absolute atomic E-state index is 0.192.